The van der Waals surface area contributed by atoms with E-state index in [4.69, 9.17) is 0 Å². The molecule has 0 atom stereocenters. The Labute approximate surface area is 121 Å². The van der Waals surface area contributed by atoms with Crippen molar-refractivity contribution in [3.63, 3.8) is 0 Å². The van der Waals surface area contributed by atoms with Crippen molar-refractivity contribution in [2.75, 3.05) is 6.54 Å². The molecule has 0 bridgehead atoms. The summed E-state index contributed by atoms with van der Waals surface area (Å²) in [5, 5.41) is 2.76. The number of amides is 1. The van der Waals surface area contributed by atoms with Crippen LogP contribution in [0.1, 0.15) is 15.9 Å². The molecule has 0 spiro atoms. The maximum Gasteiger partial charge on any atom is 0.252 e. The summed E-state index contributed by atoms with van der Waals surface area (Å²) in [7, 11) is 0. The third-order valence-corrected chi connectivity index (χ3v) is 2.92. The van der Waals surface area contributed by atoms with Gasteiger partial charge in [0.05, 0.1) is 6.54 Å². The molecule has 0 aliphatic carbocycles. The van der Waals surface area contributed by atoms with Gasteiger partial charge < -0.3 is 5.32 Å². The number of nitrogens with one attached hydrogen (secondary N) is 1. The number of benzene rings is 2. The molecule has 0 aliphatic heterocycles. The lowest BCUT2D eigenvalue weighted by Gasteiger charge is -2.01. The summed E-state index contributed by atoms with van der Waals surface area (Å²) >= 11 is 3.33. The van der Waals surface area contributed by atoms with Crippen LogP contribution in [0.25, 0.3) is 0 Å². The molecule has 2 rings (SSSR count). The molecule has 1 N–H and O–H groups in total. The van der Waals surface area contributed by atoms with E-state index in [2.05, 4.69) is 33.1 Å². The highest BCUT2D eigenvalue weighted by atomic mass is 79.9. The smallest absolute Gasteiger partial charge is 0.252 e. The Hall–Kier alpha value is -2.05. The van der Waals surface area contributed by atoms with E-state index in [9.17, 15) is 4.79 Å². The van der Waals surface area contributed by atoms with Crippen LogP contribution in [0.4, 0.5) is 0 Å². The van der Waals surface area contributed by atoms with Gasteiger partial charge in [0.2, 0.25) is 0 Å². The van der Waals surface area contributed by atoms with Gasteiger partial charge in [0, 0.05) is 15.6 Å². The standard InChI is InChI=1S/C16H12BrNO/c17-15-10-4-9-14(12-15)16(19)18-11-5-8-13-6-2-1-3-7-13/h1-4,6-7,9-10,12H,11H2,(H,18,19). The monoisotopic (exact) mass is 313 g/mol. The van der Waals surface area contributed by atoms with Crippen molar-refractivity contribution in [3.05, 3.63) is 70.2 Å². The molecule has 94 valence electrons. The summed E-state index contributed by atoms with van der Waals surface area (Å²) in [6, 6.07) is 16.9. The molecular weight excluding hydrogens is 302 g/mol. The van der Waals surface area contributed by atoms with E-state index in [0.717, 1.165) is 10.0 Å². The lowest BCUT2D eigenvalue weighted by Crippen LogP contribution is -2.23. The molecule has 0 radical (unpaired) electrons. The Kier molecular flexibility index (Phi) is 4.77. The molecule has 3 heteroatoms. The SMILES string of the molecule is O=C(NCC#Cc1ccccc1)c1cccc(Br)c1. The van der Waals surface area contributed by atoms with Gasteiger partial charge in [-0.25, -0.2) is 0 Å². The summed E-state index contributed by atoms with van der Waals surface area (Å²) in [5.74, 6) is 5.79. The molecule has 0 heterocycles. The number of rotatable bonds is 2. The Morgan fingerprint density at radius 1 is 1.11 bits per heavy atom. The zero-order valence-corrected chi connectivity index (χ0v) is 11.8. The average molecular weight is 314 g/mol. The predicted octanol–water partition coefficient (Wildman–Crippen LogP) is 3.23. The molecule has 19 heavy (non-hydrogen) atoms. The summed E-state index contributed by atoms with van der Waals surface area (Å²) < 4.78 is 0.885. The number of carbonyl (C=O) groups excluding carboxylic acids is 1. The van der Waals surface area contributed by atoms with E-state index < -0.39 is 0 Å². The normalized spacial score (nSPS) is 9.32. The second kappa shape index (κ2) is 6.77. The van der Waals surface area contributed by atoms with E-state index in [1.54, 1.807) is 12.1 Å². The van der Waals surface area contributed by atoms with Crippen LogP contribution in [-0.4, -0.2) is 12.5 Å². The molecule has 0 fully saturated rings. The van der Waals surface area contributed by atoms with Crippen LogP contribution in [0.3, 0.4) is 0 Å². The lowest BCUT2D eigenvalue weighted by molar-refractivity contribution is 0.0958. The topological polar surface area (TPSA) is 29.1 Å². The summed E-state index contributed by atoms with van der Waals surface area (Å²) in [5.41, 5.74) is 1.56. The van der Waals surface area contributed by atoms with Crippen molar-refractivity contribution >= 4 is 21.8 Å². The van der Waals surface area contributed by atoms with Crippen molar-refractivity contribution in [3.8, 4) is 11.8 Å². The summed E-state index contributed by atoms with van der Waals surface area (Å²) in [6.45, 7) is 0.334. The van der Waals surface area contributed by atoms with Gasteiger partial charge in [-0.15, -0.1) is 0 Å². The van der Waals surface area contributed by atoms with Crippen LogP contribution < -0.4 is 5.32 Å². The predicted molar refractivity (Wildman–Crippen MR) is 79.8 cm³/mol. The van der Waals surface area contributed by atoms with Crippen LogP contribution >= 0.6 is 15.9 Å². The van der Waals surface area contributed by atoms with E-state index in [1.165, 1.54) is 0 Å². The van der Waals surface area contributed by atoms with Crippen LogP contribution in [0.5, 0.6) is 0 Å². The third kappa shape index (κ3) is 4.27. The Morgan fingerprint density at radius 3 is 2.63 bits per heavy atom. The lowest BCUT2D eigenvalue weighted by atomic mass is 10.2. The first-order valence-electron chi connectivity index (χ1n) is 5.83. The minimum Gasteiger partial charge on any atom is -0.341 e. The maximum atomic E-state index is 11.8. The molecule has 0 aromatic heterocycles. The molecule has 2 aromatic rings. The Balaban J connectivity index is 1.90. The van der Waals surface area contributed by atoms with Crippen molar-refractivity contribution in [2.24, 2.45) is 0 Å². The molecule has 0 saturated carbocycles. The fourth-order valence-corrected chi connectivity index (χ4v) is 1.92. The van der Waals surface area contributed by atoms with Gasteiger partial charge in [-0.2, -0.15) is 0 Å². The van der Waals surface area contributed by atoms with Crippen molar-refractivity contribution in [1.29, 1.82) is 0 Å². The molecule has 1 amide bonds. The van der Waals surface area contributed by atoms with Crippen molar-refractivity contribution in [1.82, 2.24) is 5.32 Å². The Morgan fingerprint density at radius 2 is 1.89 bits per heavy atom. The van der Waals surface area contributed by atoms with Crippen LogP contribution in [-0.2, 0) is 0 Å². The first-order valence-corrected chi connectivity index (χ1v) is 6.63. The van der Waals surface area contributed by atoms with Crippen LogP contribution in [0.2, 0.25) is 0 Å². The highest BCUT2D eigenvalue weighted by Gasteiger charge is 2.03. The van der Waals surface area contributed by atoms with E-state index in [0.29, 0.717) is 12.1 Å². The van der Waals surface area contributed by atoms with Crippen LogP contribution in [0.15, 0.2) is 59.1 Å². The molecule has 0 aliphatic rings. The van der Waals surface area contributed by atoms with Gasteiger partial charge in [0.25, 0.3) is 5.91 Å². The zero-order valence-electron chi connectivity index (χ0n) is 10.2. The van der Waals surface area contributed by atoms with Gasteiger partial charge >= 0.3 is 0 Å². The highest BCUT2D eigenvalue weighted by molar-refractivity contribution is 9.10. The Bertz CT molecular complexity index is 626. The first-order chi connectivity index (χ1) is 9.25. The number of hydrogen-bond acceptors (Lipinski definition) is 1. The van der Waals surface area contributed by atoms with Gasteiger partial charge in [-0.1, -0.05) is 52.0 Å². The van der Waals surface area contributed by atoms with Gasteiger partial charge in [-0.05, 0) is 30.3 Å². The minimum absolute atomic E-state index is 0.122. The quantitative estimate of drug-likeness (QED) is 0.847. The molecule has 2 aromatic carbocycles. The largest absolute Gasteiger partial charge is 0.341 e. The van der Waals surface area contributed by atoms with Gasteiger partial charge in [0.1, 0.15) is 0 Å². The van der Waals surface area contributed by atoms with Crippen molar-refractivity contribution in [2.45, 2.75) is 0 Å². The number of carbonyl (C=O) groups is 1. The average Bonchev–Trinajstić information content (AvgIpc) is 2.44. The molecule has 0 saturated heterocycles. The minimum atomic E-state index is -0.122. The van der Waals surface area contributed by atoms with Gasteiger partial charge in [0.15, 0.2) is 0 Å². The fraction of sp³-hybridized carbons (Fsp3) is 0.0625. The molecule has 2 nitrogen and oxygen atoms in total. The van der Waals surface area contributed by atoms with Gasteiger partial charge in [-0.3, -0.25) is 4.79 Å². The zero-order chi connectivity index (χ0) is 13.5. The van der Waals surface area contributed by atoms with Crippen molar-refractivity contribution < 1.29 is 4.79 Å². The highest BCUT2D eigenvalue weighted by Crippen LogP contribution is 2.11. The number of hydrogen-bond donors (Lipinski definition) is 1. The van der Waals surface area contributed by atoms with E-state index >= 15 is 0 Å². The second-order valence-electron chi connectivity index (χ2n) is 3.86. The summed E-state index contributed by atoms with van der Waals surface area (Å²) in [6.07, 6.45) is 0. The summed E-state index contributed by atoms with van der Waals surface area (Å²) in [4.78, 5) is 11.8. The van der Waals surface area contributed by atoms with E-state index in [-0.39, 0.29) is 5.91 Å². The first kappa shape index (κ1) is 13.4. The van der Waals surface area contributed by atoms with E-state index in [1.807, 2.05) is 42.5 Å². The number of halogens is 1. The van der Waals surface area contributed by atoms with Crippen LogP contribution in [0, 0.1) is 11.8 Å². The maximum absolute atomic E-state index is 11.8. The fourth-order valence-electron chi connectivity index (χ4n) is 1.52. The molecule has 0 unspecified atom stereocenters. The molecular formula is C16H12BrNO. The second-order valence-corrected chi connectivity index (χ2v) is 4.78. The third-order valence-electron chi connectivity index (χ3n) is 2.43.